The molecule has 2 fully saturated rings. The Balaban J connectivity index is 1.40. The van der Waals surface area contributed by atoms with Crippen molar-refractivity contribution < 1.29 is 18.0 Å². The van der Waals surface area contributed by atoms with Crippen LogP contribution in [0.2, 0.25) is 0 Å². The van der Waals surface area contributed by atoms with Crippen molar-refractivity contribution in [2.75, 3.05) is 19.6 Å². The summed E-state index contributed by atoms with van der Waals surface area (Å²) >= 11 is 0. The van der Waals surface area contributed by atoms with Crippen LogP contribution in [0.5, 0.6) is 0 Å². The Hall–Kier alpha value is -1.43. The molecule has 1 saturated carbocycles. The average molecular weight is 284 g/mol. The molecule has 110 valence electrons. The molecule has 2 aliphatic rings. The number of nitrogens with one attached hydrogen (secondary N) is 1. The Morgan fingerprint density at radius 1 is 1.40 bits per heavy atom. The van der Waals surface area contributed by atoms with Gasteiger partial charge in [-0.1, -0.05) is 0 Å². The van der Waals surface area contributed by atoms with Gasteiger partial charge in [-0.05, 0) is 38.1 Å². The molecule has 20 heavy (non-hydrogen) atoms. The quantitative estimate of drug-likeness (QED) is 0.920. The smallest absolute Gasteiger partial charge is 0.254 e. The Bertz CT molecular complexity index is 479. The van der Waals surface area contributed by atoms with E-state index in [-0.39, 0.29) is 18.9 Å². The lowest BCUT2D eigenvalue weighted by atomic mass is 9.93. The van der Waals surface area contributed by atoms with Crippen molar-refractivity contribution in [2.24, 2.45) is 5.41 Å². The van der Waals surface area contributed by atoms with Gasteiger partial charge in [0.25, 0.3) is 5.92 Å². The van der Waals surface area contributed by atoms with E-state index in [4.69, 9.17) is 4.42 Å². The summed E-state index contributed by atoms with van der Waals surface area (Å²) in [6, 6.07) is 3.56. The number of alkyl halides is 2. The van der Waals surface area contributed by atoms with Crippen molar-refractivity contribution in [1.29, 1.82) is 0 Å². The van der Waals surface area contributed by atoms with Gasteiger partial charge < -0.3 is 9.73 Å². The van der Waals surface area contributed by atoms with Crippen LogP contribution in [-0.2, 0) is 11.3 Å². The molecule has 1 aromatic rings. The highest BCUT2D eigenvalue weighted by Gasteiger charge is 2.70. The predicted molar refractivity (Wildman–Crippen MR) is 68.2 cm³/mol. The van der Waals surface area contributed by atoms with Gasteiger partial charge >= 0.3 is 0 Å². The minimum Gasteiger partial charge on any atom is -0.467 e. The lowest BCUT2D eigenvalue weighted by Gasteiger charge is -2.31. The molecule has 0 bridgehead atoms. The summed E-state index contributed by atoms with van der Waals surface area (Å²) in [5, 5.41) is 2.76. The Morgan fingerprint density at radius 2 is 2.10 bits per heavy atom. The SMILES string of the molecule is O=C(CN1CCC2(CC1)CC2(F)F)NCc1ccco1. The van der Waals surface area contributed by atoms with E-state index in [9.17, 15) is 13.6 Å². The van der Waals surface area contributed by atoms with Crippen LogP contribution in [0.1, 0.15) is 25.0 Å². The highest BCUT2D eigenvalue weighted by molar-refractivity contribution is 5.77. The molecule has 1 aliphatic heterocycles. The summed E-state index contributed by atoms with van der Waals surface area (Å²) in [5.41, 5.74) is -0.756. The Kier molecular flexibility index (Phi) is 3.28. The topological polar surface area (TPSA) is 45.5 Å². The number of nitrogens with zero attached hydrogens (tertiary/aromatic N) is 1. The Morgan fingerprint density at radius 3 is 2.65 bits per heavy atom. The Labute approximate surface area is 116 Å². The number of furan rings is 1. The zero-order valence-electron chi connectivity index (χ0n) is 11.2. The fraction of sp³-hybridized carbons (Fsp3) is 0.643. The van der Waals surface area contributed by atoms with E-state index in [1.54, 1.807) is 18.4 Å². The first-order chi connectivity index (χ1) is 9.51. The fourth-order valence-corrected chi connectivity index (χ4v) is 2.92. The second-order valence-corrected chi connectivity index (χ2v) is 5.79. The third kappa shape index (κ3) is 2.57. The van der Waals surface area contributed by atoms with E-state index in [1.165, 1.54) is 0 Å². The molecule has 1 N–H and O–H groups in total. The van der Waals surface area contributed by atoms with E-state index < -0.39 is 11.3 Å². The van der Waals surface area contributed by atoms with Crippen molar-refractivity contribution in [3.8, 4) is 0 Å². The predicted octanol–water partition coefficient (Wildman–Crippen LogP) is 2.02. The molecule has 1 amide bonds. The van der Waals surface area contributed by atoms with Crippen molar-refractivity contribution in [2.45, 2.75) is 31.7 Å². The van der Waals surface area contributed by atoms with Gasteiger partial charge in [0.15, 0.2) is 0 Å². The van der Waals surface area contributed by atoms with Gasteiger partial charge in [-0.3, -0.25) is 9.69 Å². The zero-order chi connectivity index (χ0) is 14.2. The van der Waals surface area contributed by atoms with Crippen LogP contribution in [0.15, 0.2) is 22.8 Å². The largest absolute Gasteiger partial charge is 0.467 e. The number of carbonyl (C=O) groups excluding carboxylic acids is 1. The first-order valence-corrected chi connectivity index (χ1v) is 6.90. The number of halogens is 2. The molecule has 4 nitrogen and oxygen atoms in total. The molecular formula is C14H18F2N2O2. The summed E-state index contributed by atoms with van der Waals surface area (Å²) in [6.07, 6.45) is 2.57. The number of piperidine rings is 1. The highest BCUT2D eigenvalue weighted by Crippen LogP contribution is 2.65. The molecule has 0 atom stereocenters. The molecule has 1 spiro atoms. The third-order valence-corrected chi connectivity index (χ3v) is 4.43. The van der Waals surface area contributed by atoms with Crippen LogP contribution in [0, 0.1) is 5.41 Å². The lowest BCUT2D eigenvalue weighted by Crippen LogP contribution is -2.42. The monoisotopic (exact) mass is 284 g/mol. The number of hydrogen-bond acceptors (Lipinski definition) is 3. The number of amides is 1. The van der Waals surface area contributed by atoms with Crippen LogP contribution < -0.4 is 5.32 Å². The molecular weight excluding hydrogens is 266 g/mol. The van der Waals surface area contributed by atoms with Gasteiger partial charge in [0.05, 0.1) is 19.4 Å². The standard InChI is InChI=1S/C14H18F2N2O2/c15-14(16)10-13(14)3-5-18(6-4-13)9-12(19)17-8-11-2-1-7-20-11/h1-2,7H,3-6,8-10H2,(H,17,19). The maximum atomic E-state index is 13.2. The van der Waals surface area contributed by atoms with Gasteiger partial charge in [0.1, 0.15) is 5.76 Å². The number of hydrogen-bond donors (Lipinski definition) is 1. The van der Waals surface area contributed by atoms with Crippen molar-refractivity contribution in [1.82, 2.24) is 10.2 Å². The molecule has 6 heteroatoms. The van der Waals surface area contributed by atoms with Crippen LogP contribution in [0.3, 0.4) is 0 Å². The second-order valence-electron chi connectivity index (χ2n) is 5.79. The minimum absolute atomic E-state index is 0.0263. The van der Waals surface area contributed by atoms with Crippen molar-refractivity contribution in [3.63, 3.8) is 0 Å². The number of likely N-dealkylation sites (tertiary alicyclic amines) is 1. The first-order valence-electron chi connectivity index (χ1n) is 6.90. The van der Waals surface area contributed by atoms with Gasteiger partial charge in [-0.15, -0.1) is 0 Å². The van der Waals surface area contributed by atoms with E-state index in [1.807, 2.05) is 4.90 Å². The summed E-state index contributed by atoms with van der Waals surface area (Å²) in [7, 11) is 0. The van der Waals surface area contributed by atoms with Crippen LogP contribution in [0.4, 0.5) is 8.78 Å². The maximum absolute atomic E-state index is 13.2. The summed E-state index contributed by atoms with van der Waals surface area (Å²) in [4.78, 5) is 13.7. The average Bonchev–Trinajstić information content (AvgIpc) is 2.82. The van der Waals surface area contributed by atoms with Crippen LogP contribution >= 0.6 is 0 Å². The second kappa shape index (κ2) is 4.84. The molecule has 0 radical (unpaired) electrons. The maximum Gasteiger partial charge on any atom is 0.254 e. The molecule has 3 rings (SSSR count). The van der Waals surface area contributed by atoms with E-state index in [0.717, 1.165) is 0 Å². The summed E-state index contributed by atoms with van der Waals surface area (Å²) in [5.74, 6) is -1.87. The normalized spacial score (nSPS) is 23.7. The van der Waals surface area contributed by atoms with E-state index in [0.29, 0.717) is 38.2 Å². The van der Waals surface area contributed by atoms with Crippen LogP contribution in [-0.4, -0.2) is 36.4 Å². The van der Waals surface area contributed by atoms with Gasteiger partial charge in [-0.25, -0.2) is 8.78 Å². The highest BCUT2D eigenvalue weighted by atomic mass is 19.3. The lowest BCUT2D eigenvalue weighted by molar-refractivity contribution is -0.123. The zero-order valence-corrected chi connectivity index (χ0v) is 11.2. The van der Waals surface area contributed by atoms with Gasteiger partial charge in [0.2, 0.25) is 5.91 Å². The number of carbonyl (C=O) groups is 1. The first kappa shape index (κ1) is 13.5. The fourth-order valence-electron chi connectivity index (χ4n) is 2.92. The molecule has 2 heterocycles. The summed E-state index contributed by atoms with van der Waals surface area (Å²) in [6.45, 7) is 1.78. The van der Waals surface area contributed by atoms with E-state index >= 15 is 0 Å². The van der Waals surface area contributed by atoms with Gasteiger partial charge in [0, 0.05) is 11.8 Å². The minimum atomic E-state index is -2.47. The van der Waals surface area contributed by atoms with Gasteiger partial charge in [-0.2, -0.15) is 0 Å². The van der Waals surface area contributed by atoms with Crippen LogP contribution in [0.25, 0.3) is 0 Å². The third-order valence-electron chi connectivity index (χ3n) is 4.43. The molecule has 1 aromatic heterocycles. The summed E-state index contributed by atoms with van der Waals surface area (Å²) < 4.78 is 31.6. The molecule has 0 aromatic carbocycles. The number of rotatable bonds is 4. The van der Waals surface area contributed by atoms with Crippen molar-refractivity contribution in [3.05, 3.63) is 24.2 Å². The molecule has 1 saturated heterocycles. The van der Waals surface area contributed by atoms with E-state index in [2.05, 4.69) is 5.32 Å². The molecule has 1 aliphatic carbocycles. The van der Waals surface area contributed by atoms with Crippen molar-refractivity contribution >= 4 is 5.91 Å². The molecule has 0 unspecified atom stereocenters.